The second kappa shape index (κ2) is 5.85. The number of piperidine rings is 1. The van der Waals surface area contributed by atoms with Crippen LogP contribution in [0.2, 0.25) is 0 Å². The van der Waals surface area contributed by atoms with Crippen LogP contribution in [-0.2, 0) is 0 Å². The number of hydrogen-bond acceptors (Lipinski definition) is 2. The lowest BCUT2D eigenvalue weighted by atomic mass is 9.94. The first-order chi connectivity index (χ1) is 8.63. The molecule has 1 aromatic carbocycles. The van der Waals surface area contributed by atoms with Gasteiger partial charge in [-0.15, -0.1) is 0 Å². The second-order valence-electron chi connectivity index (χ2n) is 5.69. The highest BCUT2D eigenvalue weighted by Crippen LogP contribution is 2.29. The van der Waals surface area contributed by atoms with Gasteiger partial charge in [-0.1, -0.05) is 30.2 Å². The fraction of sp³-hybridized carbons (Fsp3) is 0.625. The molecule has 0 bridgehead atoms. The van der Waals surface area contributed by atoms with Crippen LogP contribution in [0.25, 0.3) is 0 Å². The monoisotopic (exact) mass is 246 g/mol. The van der Waals surface area contributed by atoms with E-state index in [0.29, 0.717) is 18.6 Å². The molecular weight excluding hydrogens is 220 g/mol. The minimum absolute atomic E-state index is 0.390. The highest BCUT2D eigenvalue weighted by atomic mass is 15.2. The van der Waals surface area contributed by atoms with Gasteiger partial charge in [0.25, 0.3) is 0 Å². The molecule has 1 heterocycles. The molecule has 100 valence electrons. The number of hydrogen-bond donors (Lipinski definition) is 1. The van der Waals surface area contributed by atoms with Crippen molar-refractivity contribution < 1.29 is 0 Å². The van der Waals surface area contributed by atoms with E-state index in [1.165, 1.54) is 42.5 Å². The largest absolute Gasteiger partial charge is 0.329 e. The van der Waals surface area contributed by atoms with E-state index in [2.05, 4.69) is 43.9 Å². The van der Waals surface area contributed by atoms with Crippen LogP contribution in [-0.4, -0.2) is 24.0 Å². The SMILES string of the molecule is Cc1ccc(C(CN)N2CCCCC2C)c(C)c1. The van der Waals surface area contributed by atoms with Crippen molar-refractivity contribution in [1.29, 1.82) is 0 Å². The summed E-state index contributed by atoms with van der Waals surface area (Å²) in [5.74, 6) is 0. The standard InChI is InChI=1S/C16H26N2/c1-12-7-8-15(13(2)10-12)16(11-17)18-9-5-4-6-14(18)3/h7-8,10,14,16H,4-6,9,11,17H2,1-3H3. The summed E-state index contributed by atoms with van der Waals surface area (Å²) in [5, 5.41) is 0. The molecule has 0 amide bonds. The molecule has 1 saturated heterocycles. The lowest BCUT2D eigenvalue weighted by molar-refractivity contribution is 0.108. The summed E-state index contributed by atoms with van der Waals surface area (Å²) >= 11 is 0. The van der Waals surface area contributed by atoms with E-state index in [0.717, 1.165) is 0 Å². The highest BCUT2D eigenvalue weighted by Gasteiger charge is 2.26. The van der Waals surface area contributed by atoms with E-state index in [1.54, 1.807) is 0 Å². The Labute approximate surface area is 111 Å². The van der Waals surface area contributed by atoms with Gasteiger partial charge >= 0.3 is 0 Å². The normalized spacial score (nSPS) is 23.0. The van der Waals surface area contributed by atoms with Crippen molar-refractivity contribution in [3.05, 3.63) is 34.9 Å². The molecule has 2 rings (SSSR count). The zero-order valence-corrected chi connectivity index (χ0v) is 11.9. The van der Waals surface area contributed by atoms with Crippen molar-refractivity contribution in [3.8, 4) is 0 Å². The number of rotatable bonds is 3. The Balaban J connectivity index is 2.26. The number of benzene rings is 1. The van der Waals surface area contributed by atoms with Crippen molar-refractivity contribution >= 4 is 0 Å². The van der Waals surface area contributed by atoms with Crippen LogP contribution >= 0.6 is 0 Å². The molecule has 2 nitrogen and oxygen atoms in total. The van der Waals surface area contributed by atoms with Gasteiger partial charge in [-0.3, -0.25) is 4.90 Å². The van der Waals surface area contributed by atoms with Gasteiger partial charge < -0.3 is 5.73 Å². The summed E-state index contributed by atoms with van der Waals surface area (Å²) in [6, 6.07) is 7.80. The number of aryl methyl sites for hydroxylation is 2. The molecule has 18 heavy (non-hydrogen) atoms. The zero-order valence-electron chi connectivity index (χ0n) is 11.9. The molecule has 1 aromatic rings. The van der Waals surface area contributed by atoms with Gasteiger partial charge in [0.15, 0.2) is 0 Å². The Morgan fingerprint density at radius 1 is 1.33 bits per heavy atom. The molecule has 1 aliphatic heterocycles. The van der Waals surface area contributed by atoms with Crippen LogP contribution in [0.1, 0.15) is 48.9 Å². The fourth-order valence-corrected chi connectivity index (χ4v) is 3.22. The van der Waals surface area contributed by atoms with E-state index in [1.807, 2.05) is 0 Å². The lowest BCUT2D eigenvalue weighted by Crippen LogP contribution is -2.43. The summed E-state index contributed by atoms with van der Waals surface area (Å²) in [4.78, 5) is 2.60. The first kappa shape index (κ1) is 13.6. The van der Waals surface area contributed by atoms with Gasteiger partial charge in [0.05, 0.1) is 0 Å². The van der Waals surface area contributed by atoms with Crippen LogP contribution in [0.5, 0.6) is 0 Å². The number of likely N-dealkylation sites (tertiary alicyclic amines) is 1. The number of nitrogens with two attached hydrogens (primary N) is 1. The maximum atomic E-state index is 6.06. The third-order valence-electron chi connectivity index (χ3n) is 4.26. The minimum atomic E-state index is 0.390. The average molecular weight is 246 g/mol. The van der Waals surface area contributed by atoms with E-state index >= 15 is 0 Å². The van der Waals surface area contributed by atoms with Crippen molar-refractivity contribution in [2.75, 3.05) is 13.1 Å². The number of nitrogens with zero attached hydrogens (tertiary/aromatic N) is 1. The maximum absolute atomic E-state index is 6.06. The van der Waals surface area contributed by atoms with Crippen molar-refractivity contribution in [2.45, 2.75) is 52.1 Å². The predicted octanol–water partition coefficient (Wildman–Crippen LogP) is 3.18. The van der Waals surface area contributed by atoms with Gasteiger partial charge in [0.2, 0.25) is 0 Å². The molecule has 2 atom stereocenters. The molecule has 2 N–H and O–H groups in total. The summed E-state index contributed by atoms with van der Waals surface area (Å²) < 4.78 is 0. The van der Waals surface area contributed by atoms with Gasteiger partial charge in [-0.05, 0) is 51.3 Å². The van der Waals surface area contributed by atoms with Gasteiger partial charge in [0.1, 0.15) is 0 Å². The molecule has 0 aliphatic carbocycles. The molecule has 1 aliphatic rings. The second-order valence-corrected chi connectivity index (χ2v) is 5.69. The Hall–Kier alpha value is -0.860. The molecule has 0 spiro atoms. The summed E-state index contributed by atoms with van der Waals surface area (Å²) in [7, 11) is 0. The van der Waals surface area contributed by atoms with Gasteiger partial charge in [-0.25, -0.2) is 0 Å². The van der Waals surface area contributed by atoms with Gasteiger partial charge in [0, 0.05) is 18.6 Å². The Morgan fingerprint density at radius 3 is 2.72 bits per heavy atom. The third kappa shape index (κ3) is 2.76. The first-order valence-corrected chi connectivity index (χ1v) is 7.16. The molecule has 2 unspecified atom stereocenters. The van der Waals surface area contributed by atoms with Crippen LogP contribution in [0.3, 0.4) is 0 Å². The molecule has 2 heteroatoms. The Bertz CT molecular complexity index is 400. The summed E-state index contributed by atoms with van der Waals surface area (Å²) in [6.45, 7) is 8.60. The summed E-state index contributed by atoms with van der Waals surface area (Å²) in [5.41, 5.74) is 10.2. The average Bonchev–Trinajstić information content (AvgIpc) is 2.34. The molecule has 0 aromatic heterocycles. The molecule has 1 fully saturated rings. The smallest absolute Gasteiger partial charge is 0.0475 e. The zero-order chi connectivity index (χ0) is 13.1. The topological polar surface area (TPSA) is 29.3 Å². The van der Waals surface area contributed by atoms with E-state index in [4.69, 9.17) is 5.73 Å². The molecule has 0 radical (unpaired) electrons. The summed E-state index contributed by atoms with van der Waals surface area (Å²) in [6.07, 6.45) is 3.98. The van der Waals surface area contributed by atoms with Crippen LogP contribution in [0.15, 0.2) is 18.2 Å². The molecule has 0 saturated carbocycles. The Morgan fingerprint density at radius 2 is 2.11 bits per heavy atom. The first-order valence-electron chi connectivity index (χ1n) is 7.16. The van der Waals surface area contributed by atoms with Crippen molar-refractivity contribution in [3.63, 3.8) is 0 Å². The molecular formula is C16H26N2. The lowest BCUT2D eigenvalue weighted by Gasteiger charge is -2.40. The Kier molecular flexibility index (Phi) is 4.41. The van der Waals surface area contributed by atoms with Crippen LogP contribution in [0.4, 0.5) is 0 Å². The van der Waals surface area contributed by atoms with E-state index < -0.39 is 0 Å². The predicted molar refractivity (Wildman–Crippen MR) is 77.7 cm³/mol. The third-order valence-corrected chi connectivity index (χ3v) is 4.26. The minimum Gasteiger partial charge on any atom is -0.329 e. The van der Waals surface area contributed by atoms with Crippen molar-refractivity contribution in [1.82, 2.24) is 4.90 Å². The quantitative estimate of drug-likeness (QED) is 0.887. The van der Waals surface area contributed by atoms with E-state index in [9.17, 15) is 0 Å². The van der Waals surface area contributed by atoms with E-state index in [-0.39, 0.29) is 0 Å². The van der Waals surface area contributed by atoms with Crippen molar-refractivity contribution in [2.24, 2.45) is 5.73 Å². The van der Waals surface area contributed by atoms with Crippen LogP contribution in [0, 0.1) is 13.8 Å². The fourth-order valence-electron chi connectivity index (χ4n) is 3.22. The van der Waals surface area contributed by atoms with Gasteiger partial charge in [-0.2, -0.15) is 0 Å². The highest BCUT2D eigenvalue weighted by molar-refractivity contribution is 5.33. The maximum Gasteiger partial charge on any atom is 0.0475 e. The van der Waals surface area contributed by atoms with Crippen LogP contribution < -0.4 is 5.73 Å².